The Morgan fingerprint density at radius 3 is 2.74 bits per heavy atom. The summed E-state index contributed by atoms with van der Waals surface area (Å²) in [5.41, 5.74) is 2.14. The Balaban J connectivity index is 2.28. The monoisotopic (exact) mass is 259 g/mol. The van der Waals surface area contributed by atoms with Gasteiger partial charge in [0, 0.05) is 33.5 Å². The Hall–Kier alpha value is -1.84. The molecule has 0 unspecified atom stereocenters. The van der Waals surface area contributed by atoms with E-state index in [1.54, 1.807) is 19.0 Å². The molecule has 0 saturated heterocycles. The number of carbonyl (C=O) groups excluding carboxylic acids is 1. The van der Waals surface area contributed by atoms with E-state index in [0.717, 1.165) is 29.7 Å². The van der Waals surface area contributed by atoms with Crippen LogP contribution in [0.25, 0.3) is 11.0 Å². The fourth-order valence-electron chi connectivity index (χ4n) is 2.22. The Bertz CT molecular complexity index is 572. The van der Waals surface area contributed by atoms with Crippen LogP contribution in [0, 0.1) is 0 Å². The normalized spacial score (nSPS) is 10.9. The van der Waals surface area contributed by atoms with Gasteiger partial charge in [-0.15, -0.1) is 0 Å². The smallest absolute Gasteiger partial charge is 0.223 e. The predicted octanol–water partition coefficient (Wildman–Crippen LogP) is 2.47. The third-order valence-corrected chi connectivity index (χ3v) is 3.26. The Kier molecular flexibility index (Phi) is 4.20. The van der Waals surface area contributed by atoms with Crippen molar-refractivity contribution in [1.29, 1.82) is 0 Å². The molecule has 19 heavy (non-hydrogen) atoms. The Morgan fingerprint density at radius 1 is 1.32 bits per heavy atom. The van der Waals surface area contributed by atoms with Gasteiger partial charge in [-0.3, -0.25) is 4.79 Å². The van der Waals surface area contributed by atoms with Gasteiger partial charge in [0.1, 0.15) is 5.82 Å². The maximum Gasteiger partial charge on any atom is 0.223 e. The second-order valence-corrected chi connectivity index (χ2v) is 4.96. The number of amides is 1. The van der Waals surface area contributed by atoms with Gasteiger partial charge in [0.2, 0.25) is 5.91 Å². The number of carbonyl (C=O) groups is 1. The zero-order chi connectivity index (χ0) is 13.8. The van der Waals surface area contributed by atoms with Crippen LogP contribution in [0.3, 0.4) is 0 Å². The minimum absolute atomic E-state index is 0.153. The highest BCUT2D eigenvalue weighted by Crippen LogP contribution is 2.17. The molecule has 102 valence electrons. The number of aryl methyl sites for hydroxylation is 2. The van der Waals surface area contributed by atoms with E-state index in [1.165, 1.54) is 0 Å². The van der Waals surface area contributed by atoms with Crippen LogP contribution >= 0.6 is 0 Å². The molecule has 2 rings (SSSR count). The number of fused-ring (bicyclic) bond motifs is 1. The minimum Gasteiger partial charge on any atom is -0.349 e. The molecular weight excluding hydrogens is 238 g/mol. The number of hydrogen-bond acceptors (Lipinski definition) is 2. The van der Waals surface area contributed by atoms with Crippen LogP contribution in [-0.2, 0) is 17.8 Å². The standard InChI is InChI=1S/C15H21N3O/c1-4-7-14-16-12-8-5-6-9-13(12)18(14)11-10-15(19)17(2)3/h5-6,8-9H,4,7,10-11H2,1-3H3. The molecule has 0 atom stereocenters. The largest absolute Gasteiger partial charge is 0.349 e. The SMILES string of the molecule is CCCc1nc2ccccc2n1CCC(=O)N(C)C. The highest BCUT2D eigenvalue weighted by molar-refractivity contribution is 5.77. The molecule has 0 spiro atoms. The van der Waals surface area contributed by atoms with Crippen molar-refractivity contribution < 1.29 is 4.79 Å². The third kappa shape index (κ3) is 2.95. The fourth-order valence-corrected chi connectivity index (χ4v) is 2.22. The highest BCUT2D eigenvalue weighted by Gasteiger charge is 2.11. The fraction of sp³-hybridized carbons (Fsp3) is 0.467. The predicted molar refractivity (Wildman–Crippen MR) is 77.0 cm³/mol. The maximum atomic E-state index is 11.7. The lowest BCUT2D eigenvalue weighted by molar-refractivity contribution is -0.128. The number of benzene rings is 1. The molecule has 0 aliphatic carbocycles. The molecule has 4 nitrogen and oxygen atoms in total. The zero-order valence-corrected chi connectivity index (χ0v) is 11.9. The third-order valence-electron chi connectivity index (χ3n) is 3.26. The molecule has 1 heterocycles. The van der Waals surface area contributed by atoms with E-state index < -0.39 is 0 Å². The van der Waals surface area contributed by atoms with Gasteiger partial charge < -0.3 is 9.47 Å². The van der Waals surface area contributed by atoms with E-state index in [1.807, 2.05) is 18.2 Å². The summed E-state index contributed by atoms with van der Waals surface area (Å²) in [7, 11) is 3.59. The molecule has 0 fully saturated rings. The molecule has 4 heteroatoms. The van der Waals surface area contributed by atoms with E-state index in [9.17, 15) is 4.79 Å². The first-order valence-electron chi connectivity index (χ1n) is 6.77. The van der Waals surface area contributed by atoms with Crippen molar-refractivity contribution in [3.05, 3.63) is 30.1 Å². The summed E-state index contributed by atoms with van der Waals surface area (Å²) in [6.45, 7) is 2.85. The van der Waals surface area contributed by atoms with Gasteiger partial charge in [-0.25, -0.2) is 4.98 Å². The van der Waals surface area contributed by atoms with E-state index >= 15 is 0 Å². The molecule has 0 bridgehead atoms. The van der Waals surface area contributed by atoms with Gasteiger partial charge in [0.15, 0.2) is 0 Å². The maximum absolute atomic E-state index is 11.7. The van der Waals surface area contributed by atoms with E-state index in [2.05, 4.69) is 22.5 Å². The van der Waals surface area contributed by atoms with Gasteiger partial charge in [0.05, 0.1) is 11.0 Å². The van der Waals surface area contributed by atoms with Gasteiger partial charge >= 0.3 is 0 Å². The van der Waals surface area contributed by atoms with Gasteiger partial charge in [-0.05, 0) is 18.6 Å². The van der Waals surface area contributed by atoms with Crippen molar-refractivity contribution in [1.82, 2.24) is 14.5 Å². The quantitative estimate of drug-likeness (QED) is 0.827. The number of aromatic nitrogens is 2. The van der Waals surface area contributed by atoms with Gasteiger partial charge in [-0.1, -0.05) is 19.1 Å². The average molecular weight is 259 g/mol. The molecule has 0 N–H and O–H groups in total. The van der Waals surface area contributed by atoms with Gasteiger partial charge in [-0.2, -0.15) is 0 Å². The lowest BCUT2D eigenvalue weighted by Gasteiger charge is -2.12. The van der Waals surface area contributed by atoms with Crippen LogP contribution in [0.15, 0.2) is 24.3 Å². The van der Waals surface area contributed by atoms with Crippen molar-refractivity contribution in [3.8, 4) is 0 Å². The number of para-hydroxylation sites is 2. The molecular formula is C15H21N3O. The zero-order valence-electron chi connectivity index (χ0n) is 11.9. The summed E-state index contributed by atoms with van der Waals surface area (Å²) in [5.74, 6) is 1.23. The van der Waals surface area contributed by atoms with Crippen molar-refractivity contribution >= 4 is 16.9 Å². The lowest BCUT2D eigenvalue weighted by atomic mass is 10.3. The van der Waals surface area contributed by atoms with Crippen molar-refractivity contribution in [2.45, 2.75) is 32.7 Å². The number of nitrogens with zero attached hydrogens (tertiary/aromatic N) is 3. The second-order valence-electron chi connectivity index (χ2n) is 4.96. The van der Waals surface area contributed by atoms with E-state index in [0.29, 0.717) is 13.0 Å². The molecule has 0 radical (unpaired) electrons. The van der Waals surface area contributed by atoms with Crippen molar-refractivity contribution in [2.75, 3.05) is 14.1 Å². The summed E-state index contributed by atoms with van der Waals surface area (Å²) in [6, 6.07) is 8.12. The first kappa shape index (κ1) is 13.6. The number of hydrogen-bond donors (Lipinski definition) is 0. The van der Waals surface area contributed by atoms with Crippen LogP contribution in [0.5, 0.6) is 0 Å². The molecule has 1 aromatic heterocycles. The molecule has 1 aromatic carbocycles. The Labute approximate surface area is 114 Å². The summed E-state index contributed by atoms with van der Waals surface area (Å²) in [6.07, 6.45) is 2.53. The Morgan fingerprint density at radius 2 is 2.05 bits per heavy atom. The number of rotatable bonds is 5. The summed E-state index contributed by atoms with van der Waals surface area (Å²) < 4.78 is 2.18. The minimum atomic E-state index is 0.153. The molecule has 0 aliphatic heterocycles. The summed E-state index contributed by atoms with van der Waals surface area (Å²) >= 11 is 0. The van der Waals surface area contributed by atoms with Crippen molar-refractivity contribution in [2.24, 2.45) is 0 Å². The summed E-state index contributed by atoms with van der Waals surface area (Å²) in [4.78, 5) is 18.0. The molecule has 2 aromatic rings. The van der Waals surface area contributed by atoms with Crippen LogP contribution in [-0.4, -0.2) is 34.5 Å². The van der Waals surface area contributed by atoms with Gasteiger partial charge in [0.25, 0.3) is 0 Å². The highest BCUT2D eigenvalue weighted by atomic mass is 16.2. The van der Waals surface area contributed by atoms with Crippen molar-refractivity contribution in [3.63, 3.8) is 0 Å². The van der Waals surface area contributed by atoms with E-state index in [-0.39, 0.29) is 5.91 Å². The van der Waals surface area contributed by atoms with E-state index in [4.69, 9.17) is 0 Å². The first-order chi connectivity index (χ1) is 9.13. The van der Waals surface area contributed by atoms with Crippen LogP contribution in [0.4, 0.5) is 0 Å². The topological polar surface area (TPSA) is 38.1 Å². The number of imidazole rings is 1. The summed E-state index contributed by atoms with van der Waals surface area (Å²) in [5, 5.41) is 0. The first-order valence-corrected chi connectivity index (χ1v) is 6.77. The lowest BCUT2D eigenvalue weighted by Crippen LogP contribution is -2.23. The molecule has 1 amide bonds. The second kappa shape index (κ2) is 5.87. The molecule has 0 saturated carbocycles. The van der Waals surface area contributed by atoms with Crippen LogP contribution < -0.4 is 0 Å². The molecule has 0 aliphatic rings. The van der Waals surface area contributed by atoms with Crippen LogP contribution in [0.2, 0.25) is 0 Å². The average Bonchev–Trinajstić information content (AvgIpc) is 2.74. The van der Waals surface area contributed by atoms with Crippen LogP contribution in [0.1, 0.15) is 25.6 Å².